The summed E-state index contributed by atoms with van der Waals surface area (Å²) in [6.45, 7) is 8.09. The average Bonchev–Trinajstić information content (AvgIpc) is 3.00. The summed E-state index contributed by atoms with van der Waals surface area (Å²) in [5.41, 5.74) is 6.06. The smallest absolute Gasteiger partial charge is 0.226 e. The number of hydrogen-bond acceptors (Lipinski definition) is 3. The van der Waals surface area contributed by atoms with Gasteiger partial charge in [-0.25, -0.2) is 0 Å². The Bertz CT molecular complexity index is 1020. The lowest BCUT2D eigenvalue weighted by atomic mass is 10.0. The van der Waals surface area contributed by atoms with Gasteiger partial charge in [-0.1, -0.05) is 48.5 Å². The van der Waals surface area contributed by atoms with Crippen molar-refractivity contribution in [2.45, 2.75) is 32.4 Å². The molecule has 0 aliphatic carbocycles. The Hall–Kier alpha value is -3.34. The number of anilines is 2. The summed E-state index contributed by atoms with van der Waals surface area (Å²) in [4.78, 5) is 12.2. The number of aromatic nitrogens is 2. The van der Waals surface area contributed by atoms with E-state index in [0.717, 1.165) is 28.2 Å². The molecule has 0 spiro atoms. The van der Waals surface area contributed by atoms with Crippen LogP contribution in [0.2, 0.25) is 0 Å². The highest BCUT2D eigenvalue weighted by Crippen LogP contribution is 2.38. The van der Waals surface area contributed by atoms with Crippen LogP contribution in [0.1, 0.15) is 30.6 Å². The van der Waals surface area contributed by atoms with Crippen molar-refractivity contribution < 1.29 is 4.79 Å². The quantitative estimate of drug-likeness (QED) is 0.648. The summed E-state index contributed by atoms with van der Waals surface area (Å²) in [7, 11) is 0. The monoisotopic (exact) mass is 372 g/mol. The van der Waals surface area contributed by atoms with Crippen LogP contribution >= 0.6 is 0 Å². The van der Waals surface area contributed by atoms with Crippen LogP contribution in [0, 0.1) is 6.92 Å². The Morgan fingerprint density at radius 3 is 2.71 bits per heavy atom. The van der Waals surface area contributed by atoms with Crippen molar-refractivity contribution in [2.75, 3.05) is 10.6 Å². The van der Waals surface area contributed by atoms with E-state index >= 15 is 0 Å². The highest BCUT2D eigenvalue weighted by atomic mass is 16.1. The summed E-state index contributed by atoms with van der Waals surface area (Å²) in [5.74, 6) is -0.0154. The molecular weight excluding hydrogens is 348 g/mol. The zero-order valence-electron chi connectivity index (χ0n) is 16.1. The largest absolute Gasteiger partial charge is 0.376 e. The summed E-state index contributed by atoms with van der Waals surface area (Å²) >= 11 is 0. The fourth-order valence-electron chi connectivity index (χ4n) is 3.77. The number of nitrogens with one attached hydrogen (secondary N) is 2. The van der Waals surface area contributed by atoms with Gasteiger partial charge in [-0.3, -0.25) is 9.48 Å². The van der Waals surface area contributed by atoms with Gasteiger partial charge in [-0.05, 0) is 25.5 Å². The molecule has 3 aromatic rings. The van der Waals surface area contributed by atoms with Gasteiger partial charge >= 0.3 is 0 Å². The van der Waals surface area contributed by atoms with Crippen LogP contribution in [0.3, 0.4) is 0 Å². The number of benzene rings is 2. The summed E-state index contributed by atoms with van der Waals surface area (Å²) in [6, 6.07) is 16.3. The van der Waals surface area contributed by atoms with Crippen LogP contribution in [-0.2, 0) is 4.79 Å². The first-order valence-corrected chi connectivity index (χ1v) is 9.50. The van der Waals surface area contributed by atoms with E-state index in [1.54, 1.807) is 6.08 Å². The number of fused-ring (bicyclic) bond motifs is 1. The molecule has 4 rings (SSSR count). The van der Waals surface area contributed by atoms with Gasteiger partial charge in [0, 0.05) is 16.8 Å². The molecule has 5 nitrogen and oxygen atoms in total. The average molecular weight is 372 g/mol. The third-order valence-corrected chi connectivity index (χ3v) is 5.34. The fraction of sp³-hybridized carbons (Fsp3) is 0.217. The van der Waals surface area contributed by atoms with Crippen LogP contribution in [0.25, 0.3) is 11.1 Å². The number of nitrogens with zero attached hydrogens (tertiary/aromatic N) is 2. The maximum Gasteiger partial charge on any atom is 0.226 e. The lowest BCUT2D eigenvalue weighted by Crippen LogP contribution is -2.20. The molecule has 1 amide bonds. The molecule has 0 bridgehead atoms. The summed E-state index contributed by atoms with van der Waals surface area (Å²) < 4.78 is 2.05. The SMILES string of the molecule is C=C[C@@H]1CC(=O)Nc2cccc(-c3cnn(C(C)c4ccccc4)c3C)c2N1. The molecule has 1 aromatic heterocycles. The van der Waals surface area contributed by atoms with Gasteiger partial charge in [0.25, 0.3) is 0 Å². The van der Waals surface area contributed by atoms with Gasteiger partial charge in [0.05, 0.1) is 36.1 Å². The first-order valence-electron chi connectivity index (χ1n) is 9.50. The van der Waals surface area contributed by atoms with Gasteiger partial charge in [0.1, 0.15) is 0 Å². The molecule has 0 saturated heterocycles. The topological polar surface area (TPSA) is 59.0 Å². The standard InChI is InChI=1S/C23H24N4O/c1-4-18-13-22(28)26-21-12-8-11-19(23(21)25-18)20-14-24-27(16(20)3)15(2)17-9-6-5-7-10-17/h4-12,14-15,18,25H,1,13H2,2-3H3,(H,26,28)/t15?,18-/m1/s1. The fourth-order valence-corrected chi connectivity index (χ4v) is 3.77. The molecule has 0 saturated carbocycles. The zero-order valence-corrected chi connectivity index (χ0v) is 16.1. The lowest BCUT2D eigenvalue weighted by Gasteiger charge is -2.18. The zero-order chi connectivity index (χ0) is 19.7. The van der Waals surface area contributed by atoms with Crippen molar-refractivity contribution in [1.82, 2.24) is 9.78 Å². The molecule has 1 aliphatic heterocycles. The first kappa shape index (κ1) is 18.0. The van der Waals surface area contributed by atoms with Crippen molar-refractivity contribution in [3.63, 3.8) is 0 Å². The Morgan fingerprint density at radius 2 is 1.96 bits per heavy atom. The van der Waals surface area contributed by atoms with Crippen LogP contribution in [0.5, 0.6) is 0 Å². The van der Waals surface area contributed by atoms with Crippen molar-refractivity contribution in [3.05, 3.63) is 78.6 Å². The van der Waals surface area contributed by atoms with Crippen LogP contribution < -0.4 is 10.6 Å². The first-order chi connectivity index (χ1) is 13.6. The van der Waals surface area contributed by atoms with Crippen molar-refractivity contribution >= 4 is 17.3 Å². The predicted molar refractivity (Wildman–Crippen MR) is 114 cm³/mol. The van der Waals surface area contributed by atoms with Crippen LogP contribution in [0.4, 0.5) is 11.4 Å². The Balaban J connectivity index is 1.77. The number of amides is 1. The van der Waals surface area contributed by atoms with Crippen molar-refractivity contribution in [1.29, 1.82) is 0 Å². The van der Waals surface area contributed by atoms with E-state index in [1.165, 1.54) is 5.56 Å². The molecule has 1 unspecified atom stereocenters. The third-order valence-electron chi connectivity index (χ3n) is 5.34. The minimum atomic E-state index is -0.110. The van der Waals surface area contributed by atoms with E-state index in [9.17, 15) is 4.79 Å². The van der Waals surface area contributed by atoms with Crippen LogP contribution in [-0.4, -0.2) is 21.7 Å². The van der Waals surface area contributed by atoms with E-state index in [0.29, 0.717) is 6.42 Å². The Labute approximate surface area is 165 Å². The van der Waals surface area contributed by atoms with E-state index < -0.39 is 0 Å². The summed E-state index contributed by atoms with van der Waals surface area (Å²) in [5, 5.41) is 11.1. The maximum atomic E-state index is 12.2. The van der Waals surface area contributed by atoms with E-state index in [-0.39, 0.29) is 18.0 Å². The minimum absolute atomic E-state index is 0.0154. The number of carbonyl (C=O) groups is 1. The molecule has 2 aromatic carbocycles. The predicted octanol–water partition coefficient (Wildman–Crippen LogP) is 4.78. The molecule has 2 heterocycles. The maximum absolute atomic E-state index is 12.2. The second-order valence-corrected chi connectivity index (χ2v) is 7.14. The molecular formula is C23H24N4O. The van der Waals surface area contributed by atoms with E-state index in [4.69, 9.17) is 0 Å². The normalized spacial score (nSPS) is 17.1. The third kappa shape index (κ3) is 3.20. The molecule has 2 N–H and O–H groups in total. The highest BCUT2D eigenvalue weighted by molar-refractivity contribution is 6.00. The van der Waals surface area contributed by atoms with Gasteiger partial charge in [-0.2, -0.15) is 5.10 Å². The second kappa shape index (κ2) is 7.35. The van der Waals surface area contributed by atoms with Crippen molar-refractivity contribution in [2.24, 2.45) is 0 Å². The van der Waals surface area contributed by atoms with Gasteiger partial charge in [0.2, 0.25) is 5.91 Å². The van der Waals surface area contributed by atoms with Gasteiger partial charge in [0.15, 0.2) is 0 Å². The van der Waals surface area contributed by atoms with E-state index in [2.05, 4.69) is 54.4 Å². The molecule has 5 heteroatoms. The molecule has 0 fully saturated rings. The number of carbonyl (C=O) groups excluding carboxylic acids is 1. The Kier molecular flexibility index (Phi) is 4.74. The van der Waals surface area contributed by atoms with Crippen molar-refractivity contribution in [3.8, 4) is 11.1 Å². The molecule has 28 heavy (non-hydrogen) atoms. The number of para-hydroxylation sites is 1. The number of rotatable bonds is 4. The van der Waals surface area contributed by atoms with Gasteiger partial charge < -0.3 is 10.6 Å². The summed E-state index contributed by atoms with van der Waals surface area (Å²) in [6.07, 6.45) is 4.04. The molecule has 2 atom stereocenters. The minimum Gasteiger partial charge on any atom is -0.376 e. The molecule has 142 valence electrons. The number of hydrogen-bond donors (Lipinski definition) is 2. The Morgan fingerprint density at radius 1 is 1.18 bits per heavy atom. The highest BCUT2D eigenvalue weighted by Gasteiger charge is 2.23. The molecule has 0 radical (unpaired) electrons. The van der Waals surface area contributed by atoms with E-state index in [1.807, 2.05) is 41.2 Å². The lowest BCUT2D eigenvalue weighted by molar-refractivity contribution is -0.116. The second-order valence-electron chi connectivity index (χ2n) is 7.14. The van der Waals surface area contributed by atoms with Crippen LogP contribution in [0.15, 0.2) is 67.4 Å². The van der Waals surface area contributed by atoms with Gasteiger partial charge in [-0.15, -0.1) is 6.58 Å². The molecule has 1 aliphatic rings.